The maximum absolute atomic E-state index is 12.9. The Morgan fingerprint density at radius 3 is 2.44 bits per heavy atom. The largest absolute Gasteiger partial charge is 0.493 e. The van der Waals surface area contributed by atoms with Crippen LogP contribution < -0.4 is 24.3 Å². The van der Waals surface area contributed by atoms with Crippen molar-refractivity contribution in [1.82, 2.24) is 14.4 Å². The molecule has 0 atom stereocenters. The summed E-state index contributed by atoms with van der Waals surface area (Å²) < 4.78 is 18.9. The Morgan fingerprint density at radius 1 is 1.11 bits per heavy atom. The number of pyridine rings is 1. The Hall–Kier alpha value is -2.65. The number of nitrogens with zero attached hydrogens (tertiary/aromatic N) is 3. The van der Waals surface area contributed by atoms with Crippen LogP contribution in [-0.4, -0.2) is 35.7 Å². The van der Waals surface area contributed by atoms with Crippen molar-refractivity contribution in [3.63, 3.8) is 0 Å². The summed E-state index contributed by atoms with van der Waals surface area (Å²) in [6.07, 6.45) is 3.42. The minimum absolute atomic E-state index is 0.166. The van der Waals surface area contributed by atoms with Gasteiger partial charge in [-0.15, -0.1) is 0 Å². The Morgan fingerprint density at radius 2 is 1.81 bits per heavy atom. The van der Waals surface area contributed by atoms with E-state index in [1.807, 2.05) is 6.07 Å². The van der Waals surface area contributed by atoms with Crippen LogP contribution in [0.3, 0.4) is 0 Å². The summed E-state index contributed by atoms with van der Waals surface area (Å²) >= 11 is 4.67. The first kappa shape index (κ1) is 17.7. The third-order valence-electron chi connectivity index (χ3n) is 4.03. The van der Waals surface area contributed by atoms with E-state index in [2.05, 4.69) is 25.9 Å². The fourth-order valence-electron chi connectivity index (χ4n) is 2.85. The number of aromatic nitrogens is 3. The van der Waals surface area contributed by atoms with Gasteiger partial charge in [0, 0.05) is 10.7 Å². The molecule has 0 bridgehead atoms. The van der Waals surface area contributed by atoms with Crippen molar-refractivity contribution in [2.24, 2.45) is 0 Å². The highest BCUT2D eigenvalue weighted by Gasteiger charge is 2.15. The van der Waals surface area contributed by atoms with Crippen LogP contribution in [0, 0.1) is 0 Å². The molecule has 138 valence electrons. The molecule has 1 aromatic carbocycles. The molecule has 0 radical (unpaired) electrons. The third kappa shape index (κ3) is 2.92. The first-order valence-corrected chi connectivity index (χ1v) is 9.45. The molecule has 4 rings (SSSR count). The van der Waals surface area contributed by atoms with Crippen LogP contribution in [-0.2, 0) is 0 Å². The summed E-state index contributed by atoms with van der Waals surface area (Å²) in [4.78, 5) is 22.3. The van der Waals surface area contributed by atoms with Gasteiger partial charge in [0.05, 0.1) is 25.9 Å². The summed E-state index contributed by atoms with van der Waals surface area (Å²) in [6, 6.07) is 5.41. The molecule has 0 aliphatic rings. The fourth-order valence-corrected chi connectivity index (χ4v) is 4.14. The molecule has 4 aromatic rings. The molecular weight excluding hydrogens is 434 g/mol. The quantitative estimate of drug-likeness (QED) is 0.478. The van der Waals surface area contributed by atoms with Gasteiger partial charge in [0.25, 0.3) is 5.56 Å². The number of thiazole rings is 1. The van der Waals surface area contributed by atoms with Crippen LogP contribution in [0.2, 0.25) is 0 Å². The van der Waals surface area contributed by atoms with Gasteiger partial charge in [0.2, 0.25) is 5.75 Å². The van der Waals surface area contributed by atoms with Crippen LogP contribution in [0.1, 0.15) is 5.56 Å². The molecule has 0 aliphatic carbocycles. The fraction of sp³-hybridized carbons (Fsp3) is 0.167. The number of halogens is 1. The molecule has 7 nitrogen and oxygen atoms in total. The number of imidazole rings is 1. The van der Waals surface area contributed by atoms with Gasteiger partial charge in [-0.2, -0.15) is 0 Å². The maximum atomic E-state index is 12.9. The number of benzene rings is 1. The highest BCUT2D eigenvalue weighted by atomic mass is 79.9. The van der Waals surface area contributed by atoms with Crippen LogP contribution >= 0.6 is 27.3 Å². The highest BCUT2D eigenvalue weighted by Crippen LogP contribution is 2.38. The van der Waals surface area contributed by atoms with E-state index in [-0.39, 0.29) is 5.56 Å². The molecule has 3 aromatic heterocycles. The number of hydrogen-bond donors (Lipinski definition) is 0. The van der Waals surface area contributed by atoms with Crippen LogP contribution in [0.5, 0.6) is 17.2 Å². The number of ether oxygens (including phenoxy) is 3. The van der Waals surface area contributed by atoms with Crippen molar-refractivity contribution in [1.29, 1.82) is 0 Å². The van der Waals surface area contributed by atoms with Gasteiger partial charge in [0.15, 0.2) is 22.1 Å². The molecule has 0 unspecified atom stereocenters. The average Bonchev–Trinajstić information content (AvgIpc) is 3.16. The Bertz CT molecular complexity index is 1260. The second kappa shape index (κ2) is 6.82. The molecule has 3 heterocycles. The van der Waals surface area contributed by atoms with Crippen molar-refractivity contribution < 1.29 is 14.2 Å². The van der Waals surface area contributed by atoms with E-state index in [0.717, 1.165) is 10.0 Å². The second-order valence-corrected chi connectivity index (χ2v) is 7.53. The number of rotatable bonds is 4. The van der Waals surface area contributed by atoms with E-state index >= 15 is 0 Å². The predicted octanol–water partition coefficient (Wildman–Crippen LogP) is 2.64. The van der Waals surface area contributed by atoms with Gasteiger partial charge < -0.3 is 14.2 Å². The molecule has 0 spiro atoms. The van der Waals surface area contributed by atoms with Crippen molar-refractivity contribution in [2.75, 3.05) is 21.3 Å². The smallest absolute Gasteiger partial charge is 0.276 e. The van der Waals surface area contributed by atoms with Crippen molar-refractivity contribution in [2.45, 2.75) is 0 Å². The van der Waals surface area contributed by atoms with E-state index in [1.54, 1.807) is 45.7 Å². The van der Waals surface area contributed by atoms with Crippen molar-refractivity contribution in [3.05, 3.63) is 49.3 Å². The molecule has 0 fully saturated rings. The molecule has 0 aliphatic heterocycles. The number of methoxy groups -OCH3 is 3. The molecule has 0 N–H and O–H groups in total. The molecule has 9 heteroatoms. The zero-order chi connectivity index (χ0) is 19.1. The lowest BCUT2D eigenvalue weighted by Gasteiger charge is -2.12. The van der Waals surface area contributed by atoms with E-state index in [4.69, 9.17) is 14.2 Å². The highest BCUT2D eigenvalue weighted by molar-refractivity contribution is 9.10. The van der Waals surface area contributed by atoms with Crippen molar-refractivity contribution in [3.8, 4) is 17.2 Å². The monoisotopic (exact) mass is 447 g/mol. The van der Waals surface area contributed by atoms with Crippen LogP contribution in [0.15, 0.2) is 33.7 Å². The van der Waals surface area contributed by atoms with Crippen LogP contribution in [0.4, 0.5) is 0 Å². The standard InChI is InChI=1S/C18H14BrN3O4S/c1-24-12-4-9(5-13(25-2)15(12)26-3)6-14-17(23)22-16-11(21-18(22)27-14)7-10(19)8-20-16/h4-8H,1-3H3/b14-6-. The number of hydrogen-bond acceptors (Lipinski definition) is 7. The van der Waals surface area contributed by atoms with E-state index in [1.165, 1.54) is 15.7 Å². The van der Waals surface area contributed by atoms with Crippen LogP contribution in [0.25, 0.3) is 22.2 Å². The lowest BCUT2D eigenvalue weighted by atomic mass is 10.1. The van der Waals surface area contributed by atoms with Gasteiger partial charge in [-0.3, -0.25) is 4.79 Å². The van der Waals surface area contributed by atoms with Gasteiger partial charge in [-0.25, -0.2) is 14.4 Å². The van der Waals surface area contributed by atoms with Gasteiger partial charge in [-0.05, 0) is 45.8 Å². The second-order valence-electron chi connectivity index (χ2n) is 5.60. The lowest BCUT2D eigenvalue weighted by Crippen LogP contribution is -2.22. The van der Waals surface area contributed by atoms with Gasteiger partial charge in [0.1, 0.15) is 5.52 Å². The first-order chi connectivity index (χ1) is 13.0. The van der Waals surface area contributed by atoms with E-state index in [9.17, 15) is 4.79 Å². The number of fused-ring (bicyclic) bond motifs is 3. The summed E-state index contributed by atoms with van der Waals surface area (Å²) in [7, 11) is 4.65. The van der Waals surface area contributed by atoms with Gasteiger partial charge >= 0.3 is 0 Å². The zero-order valence-corrected chi connectivity index (χ0v) is 17.1. The Balaban J connectivity index is 1.93. The average molecular weight is 448 g/mol. The minimum atomic E-state index is -0.166. The topological polar surface area (TPSA) is 75.0 Å². The molecule has 0 saturated heterocycles. The summed E-state index contributed by atoms with van der Waals surface area (Å²) in [5.74, 6) is 1.55. The van der Waals surface area contributed by atoms with E-state index < -0.39 is 0 Å². The summed E-state index contributed by atoms with van der Waals surface area (Å²) in [5.41, 5.74) is 1.80. The molecule has 0 amide bonds. The van der Waals surface area contributed by atoms with Crippen molar-refractivity contribution >= 4 is 49.5 Å². The molecular formula is C18H14BrN3O4S. The predicted molar refractivity (Wildman–Crippen MR) is 107 cm³/mol. The first-order valence-electron chi connectivity index (χ1n) is 7.84. The Labute approximate surface area is 166 Å². The Kier molecular flexibility index (Phi) is 4.48. The third-order valence-corrected chi connectivity index (χ3v) is 5.44. The normalized spacial score (nSPS) is 12.1. The SMILES string of the molecule is COc1cc(/C=c2\sc3nc4cc(Br)cnc4n3c2=O)cc(OC)c1OC. The van der Waals surface area contributed by atoms with E-state index in [0.29, 0.717) is 37.9 Å². The lowest BCUT2D eigenvalue weighted by molar-refractivity contribution is 0.324. The minimum Gasteiger partial charge on any atom is -0.493 e. The zero-order valence-electron chi connectivity index (χ0n) is 14.6. The summed E-state index contributed by atoms with van der Waals surface area (Å²) in [5, 5.41) is 0. The molecule has 27 heavy (non-hydrogen) atoms. The van der Waals surface area contributed by atoms with Gasteiger partial charge in [-0.1, -0.05) is 11.3 Å². The molecule has 0 saturated carbocycles. The maximum Gasteiger partial charge on any atom is 0.276 e. The summed E-state index contributed by atoms with van der Waals surface area (Å²) in [6.45, 7) is 0.